The monoisotopic (exact) mass is 630 g/mol. The number of amides is 1. The second kappa shape index (κ2) is 33.6. The lowest BCUT2D eigenvalue weighted by Gasteiger charge is -2.37. The van der Waals surface area contributed by atoms with Crippen LogP contribution in [0.1, 0.15) is 188 Å². The van der Waals surface area contributed by atoms with E-state index < -0.39 is 12.2 Å². The minimum atomic E-state index is -0.992. The molecule has 0 rings (SSSR count). The first-order valence-corrected chi connectivity index (χ1v) is 19.2. The maximum absolute atomic E-state index is 11.3. The predicted molar refractivity (Wildman–Crippen MR) is 198 cm³/mol. The molecule has 0 aliphatic rings. The first-order chi connectivity index (χ1) is 22.0. The minimum absolute atomic E-state index is 0.348. The van der Waals surface area contributed by atoms with Crippen LogP contribution < -0.4 is 5.32 Å². The Bertz CT molecular complexity index is 704. The molecule has 262 valence electrons. The van der Waals surface area contributed by atoms with Crippen LogP contribution in [0.25, 0.3) is 0 Å². The summed E-state index contributed by atoms with van der Waals surface area (Å²) in [7, 11) is 0. The third kappa shape index (κ3) is 29.3. The average molecular weight is 630 g/mol. The molecule has 0 heterocycles. The van der Waals surface area contributed by atoms with Gasteiger partial charge in [0.2, 0.25) is 0 Å². The molecule has 1 atom stereocenters. The highest BCUT2D eigenvalue weighted by Crippen LogP contribution is 2.35. The van der Waals surface area contributed by atoms with Gasteiger partial charge in [-0.15, -0.1) is 0 Å². The van der Waals surface area contributed by atoms with E-state index in [2.05, 4.69) is 67.8 Å². The van der Waals surface area contributed by atoms with Gasteiger partial charge >= 0.3 is 6.09 Å². The Labute approximate surface area is 280 Å². The molecule has 0 fully saturated rings. The van der Waals surface area contributed by atoms with E-state index in [0.717, 1.165) is 51.4 Å². The normalized spacial score (nSPS) is 13.2. The highest BCUT2D eigenvalue weighted by Gasteiger charge is 2.34. The van der Waals surface area contributed by atoms with Crippen molar-refractivity contribution >= 4 is 6.09 Å². The van der Waals surface area contributed by atoms with E-state index in [1.165, 1.54) is 116 Å². The molecule has 4 nitrogen and oxygen atoms in total. The molecule has 0 radical (unpaired) electrons. The number of carbonyl (C=O) groups is 1. The van der Waals surface area contributed by atoms with Gasteiger partial charge in [-0.3, -0.25) is 0 Å². The Morgan fingerprint density at radius 3 is 1.22 bits per heavy atom. The molecule has 0 bridgehead atoms. The number of hydrogen-bond donors (Lipinski definition) is 3. The maximum Gasteiger partial charge on any atom is 0.404 e. The zero-order valence-corrected chi connectivity index (χ0v) is 30.1. The molecule has 3 N–H and O–H groups in total. The lowest BCUT2D eigenvalue weighted by molar-refractivity contribution is 0.0208. The molecule has 45 heavy (non-hydrogen) atoms. The second-order valence-electron chi connectivity index (χ2n) is 13.4. The quantitative estimate of drug-likeness (QED) is 0.0499. The summed E-state index contributed by atoms with van der Waals surface area (Å²) in [6.45, 7) is 6.70. The Kier molecular flexibility index (Phi) is 32.2. The molecular weight excluding hydrogens is 554 g/mol. The van der Waals surface area contributed by atoms with Gasteiger partial charge in [0.1, 0.15) is 0 Å². The van der Waals surface area contributed by atoms with E-state index >= 15 is 0 Å². The summed E-state index contributed by atoms with van der Waals surface area (Å²) in [6.07, 6.45) is 47.9. The molecule has 4 heteroatoms. The smallest absolute Gasteiger partial charge is 0.404 e. The van der Waals surface area contributed by atoms with Gasteiger partial charge in [-0.25, -0.2) is 4.79 Å². The van der Waals surface area contributed by atoms with Crippen LogP contribution in [0.4, 0.5) is 4.79 Å². The van der Waals surface area contributed by atoms with Crippen LogP contribution in [0.3, 0.4) is 0 Å². The van der Waals surface area contributed by atoms with Crippen molar-refractivity contribution in [2.24, 2.45) is 5.41 Å². The number of nitrogens with one attached hydrogen (secondary N) is 1. The number of unbranched alkanes of at least 4 members (excludes halogenated alkanes) is 18. The summed E-state index contributed by atoms with van der Waals surface area (Å²) in [5.74, 6) is 0. The first-order valence-electron chi connectivity index (χ1n) is 19.2. The van der Waals surface area contributed by atoms with Crippen molar-refractivity contribution < 1.29 is 15.0 Å². The van der Waals surface area contributed by atoms with Gasteiger partial charge in [-0.2, -0.15) is 0 Å². The predicted octanol–water partition coefficient (Wildman–Crippen LogP) is 13.0. The Morgan fingerprint density at radius 1 is 0.556 bits per heavy atom. The molecule has 0 saturated carbocycles. The number of allylic oxidation sites excluding steroid dienone is 8. The molecular formula is C41H75NO3. The summed E-state index contributed by atoms with van der Waals surface area (Å²) in [4.78, 5) is 11.3. The zero-order chi connectivity index (χ0) is 33.1. The molecule has 0 aromatic carbocycles. The van der Waals surface area contributed by atoms with Crippen molar-refractivity contribution in [3.63, 3.8) is 0 Å². The fraction of sp³-hybridized carbons (Fsp3) is 0.780. The summed E-state index contributed by atoms with van der Waals surface area (Å²) >= 11 is 0. The van der Waals surface area contributed by atoms with Crippen molar-refractivity contribution in [2.75, 3.05) is 6.54 Å². The van der Waals surface area contributed by atoms with Gasteiger partial charge < -0.3 is 15.5 Å². The number of carboxylic acid groups (broad SMARTS) is 1. The number of hydrogen-bond acceptors (Lipinski definition) is 2. The van der Waals surface area contributed by atoms with Gasteiger partial charge in [0, 0.05) is 12.0 Å². The summed E-state index contributed by atoms with van der Waals surface area (Å²) in [5, 5.41) is 22.7. The van der Waals surface area contributed by atoms with E-state index in [-0.39, 0.29) is 5.41 Å². The van der Waals surface area contributed by atoms with Crippen molar-refractivity contribution in [1.29, 1.82) is 0 Å². The van der Waals surface area contributed by atoms with Crippen LogP contribution in [-0.2, 0) is 0 Å². The van der Waals surface area contributed by atoms with Crippen molar-refractivity contribution in [3.05, 3.63) is 48.6 Å². The average Bonchev–Trinajstić information content (AvgIpc) is 3.02. The van der Waals surface area contributed by atoms with Crippen LogP contribution in [0.15, 0.2) is 48.6 Å². The molecule has 0 aliphatic carbocycles. The maximum atomic E-state index is 11.3. The molecule has 0 aromatic rings. The number of aliphatic hydroxyl groups excluding tert-OH is 1. The molecule has 0 aromatic heterocycles. The summed E-state index contributed by atoms with van der Waals surface area (Å²) in [6, 6.07) is 0. The molecule has 0 spiro atoms. The molecule has 0 saturated heterocycles. The Hall–Kier alpha value is -1.81. The topological polar surface area (TPSA) is 69.6 Å². The van der Waals surface area contributed by atoms with Gasteiger partial charge in [-0.1, -0.05) is 152 Å². The standard InChI is InChI=1S/C41H75NO3/c1-4-6-8-10-12-14-16-18-20-22-24-26-28-30-32-34-36-41(39(3)43,38-42-40(44)45)37-35-33-31-29-27-25-23-21-19-17-15-13-11-9-7-5-2/h12-15,18-21,39,42-43H,4-11,16-17,22-38H2,1-3H3,(H,44,45)/b14-12-,15-13-,20-18-,21-19-. The molecule has 0 aliphatic heterocycles. The lowest BCUT2D eigenvalue weighted by atomic mass is 9.73. The van der Waals surface area contributed by atoms with E-state index in [0.29, 0.717) is 6.54 Å². The van der Waals surface area contributed by atoms with Gasteiger partial charge in [0.25, 0.3) is 0 Å². The highest BCUT2D eigenvalue weighted by molar-refractivity contribution is 5.64. The third-order valence-electron chi connectivity index (χ3n) is 9.23. The summed E-state index contributed by atoms with van der Waals surface area (Å²) in [5.41, 5.74) is -0.358. The summed E-state index contributed by atoms with van der Waals surface area (Å²) < 4.78 is 0. The number of rotatable bonds is 33. The van der Waals surface area contributed by atoms with Crippen LogP contribution in [0.5, 0.6) is 0 Å². The fourth-order valence-corrected chi connectivity index (χ4v) is 6.05. The third-order valence-corrected chi connectivity index (χ3v) is 9.23. The van der Waals surface area contributed by atoms with Crippen molar-refractivity contribution in [3.8, 4) is 0 Å². The van der Waals surface area contributed by atoms with Crippen LogP contribution >= 0.6 is 0 Å². The fourth-order valence-electron chi connectivity index (χ4n) is 6.05. The van der Waals surface area contributed by atoms with Crippen molar-refractivity contribution in [1.82, 2.24) is 5.32 Å². The van der Waals surface area contributed by atoms with Crippen LogP contribution in [0, 0.1) is 5.41 Å². The Balaban J connectivity index is 4.12. The van der Waals surface area contributed by atoms with E-state index in [9.17, 15) is 15.0 Å². The second-order valence-corrected chi connectivity index (χ2v) is 13.4. The minimum Gasteiger partial charge on any atom is -0.465 e. The molecule has 1 amide bonds. The highest BCUT2D eigenvalue weighted by atomic mass is 16.4. The van der Waals surface area contributed by atoms with Gasteiger partial charge in [-0.05, 0) is 84.0 Å². The van der Waals surface area contributed by atoms with E-state index in [1.807, 2.05) is 6.92 Å². The van der Waals surface area contributed by atoms with E-state index in [4.69, 9.17) is 0 Å². The number of aliphatic hydroxyl groups is 1. The van der Waals surface area contributed by atoms with Gasteiger partial charge in [0.05, 0.1) is 6.10 Å². The molecule has 1 unspecified atom stereocenters. The van der Waals surface area contributed by atoms with E-state index in [1.54, 1.807) is 0 Å². The van der Waals surface area contributed by atoms with Crippen LogP contribution in [-0.4, -0.2) is 29.0 Å². The Morgan fingerprint density at radius 2 is 0.889 bits per heavy atom. The lowest BCUT2D eigenvalue weighted by Crippen LogP contribution is -2.44. The largest absolute Gasteiger partial charge is 0.465 e. The van der Waals surface area contributed by atoms with Crippen molar-refractivity contribution in [2.45, 2.75) is 194 Å². The first kappa shape index (κ1) is 43.2. The van der Waals surface area contributed by atoms with Gasteiger partial charge in [0.15, 0.2) is 0 Å². The zero-order valence-electron chi connectivity index (χ0n) is 30.1. The SMILES string of the molecule is CCCCC/C=C\C/C=C\CCCCCCCCC(CCCCCCCC/C=C\C/C=C\CCCCC)(CNC(=O)O)C(C)O. The van der Waals surface area contributed by atoms with Crippen LogP contribution in [0.2, 0.25) is 0 Å².